The summed E-state index contributed by atoms with van der Waals surface area (Å²) in [6.07, 6.45) is -2.97. The minimum absolute atomic E-state index is 0.148. The van der Waals surface area contributed by atoms with Gasteiger partial charge in [-0.1, -0.05) is 30.3 Å². The van der Waals surface area contributed by atoms with E-state index in [1.807, 2.05) is 42.6 Å². The fraction of sp³-hybridized carbons (Fsp3) is 0.261. The predicted molar refractivity (Wildman–Crippen MR) is 115 cm³/mol. The van der Waals surface area contributed by atoms with E-state index in [-0.39, 0.29) is 18.3 Å². The smallest absolute Gasteiger partial charge is 0.482 e. The molecule has 0 spiro atoms. The number of benzene rings is 2. The number of aromatic nitrogens is 1. The number of alkyl halides is 3. The number of carbonyl (C=O) groups excluding carboxylic acids is 1. The number of aliphatic carboxylic acids is 2. The third-order valence-electron chi connectivity index (χ3n) is 4.54. The zero-order chi connectivity index (χ0) is 25.3. The average Bonchev–Trinajstić information content (AvgIpc) is 3.19. The zero-order valence-corrected chi connectivity index (χ0v) is 18.0. The Balaban J connectivity index is 0.000000509. The first-order valence-corrected chi connectivity index (χ1v) is 9.99. The molecule has 0 bridgehead atoms. The van der Waals surface area contributed by atoms with Crippen molar-refractivity contribution in [3.63, 3.8) is 0 Å². The number of nitrogens with one attached hydrogen (secondary N) is 1. The molecule has 0 aliphatic carbocycles. The van der Waals surface area contributed by atoms with Gasteiger partial charge >= 0.3 is 24.1 Å². The number of rotatable bonds is 8. The van der Waals surface area contributed by atoms with E-state index in [1.165, 1.54) is 0 Å². The third-order valence-corrected chi connectivity index (χ3v) is 4.54. The van der Waals surface area contributed by atoms with Gasteiger partial charge < -0.3 is 24.7 Å². The minimum Gasteiger partial charge on any atom is -0.482 e. The molecule has 3 rings (SSSR count). The first-order valence-electron chi connectivity index (χ1n) is 9.99. The van der Waals surface area contributed by atoms with E-state index >= 15 is 0 Å². The number of hydrogen-bond donors (Lipinski definition) is 3. The highest BCUT2D eigenvalue weighted by Gasteiger charge is 2.38. The van der Waals surface area contributed by atoms with Gasteiger partial charge in [0.2, 0.25) is 0 Å². The molecule has 1 heterocycles. The molecule has 11 heteroatoms. The lowest BCUT2D eigenvalue weighted by molar-refractivity contribution is -0.192. The van der Waals surface area contributed by atoms with Crippen LogP contribution in [0.1, 0.15) is 30.4 Å². The van der Waals surface area contributed by atoms with Crippen molar-refractivity contribution in [3.8, 4) is 5.75 Å². The largest absolute Gasteiger partial charge is 0.490 e. The lowest BCUT2D eigenvalue weighted by atomic mass is 9.88. The zero-order valence-electron chi connectivity index (χ0n) is 18.0. The summed E-state index contributed by atoms with van der Waals surface area (Å²) >= 11 is 0. The van der Waals surface area contributed by atoms with Crippen LogP contribution in [0.15, 0.2) is 54.7 Å². The molecule has 1 atom stereocenters. The second-order valence-electron chi connectivity index (χ2n) is 6.91. The van der Waals surface area contributed by atoms with Gasteiger partial charge in [0, 0.05) is 29.1 Å². The van der Waals surface area contributed by atoms with E-state index in [9.17, 15) is 22.8 Å². The Bertz CT molecular complexity index is 1130. The number of carboxylic acids is 2. The van der Waals surface area contributed by atoms with Gasteiger partial charge in [0.1, 0.15) is 5.75 Å². The van der Waals surface area contributed by atoms with E-state index in [0.717, 1.165) is 22.0 Å². The number of fused-ring (bicyclic) bond motifs is 1. The molecule has 0 aliphatic heterocycles. The van der Waals surface area contributed by atoms with Crippen molar-refractivity contribution in [1.29, 1.82) is 0 Å². The topological polar surface area (TPSA) is 126 Å². The summed E-state index contributed by atoms with van der Waals surface area (Å²) in [4.78, 5) is 34.9. The summed E-state index contributed by atoms with van der Waals surface area (Å²) in [6, 6.07) is 15.2. The fourth-order valence-corrected chi connectivity index (χ4v) is 3.13. The molecule has 2 aromatic carbocycles. The molecule has 3 aromatic rings. The lowest BCUT2D eigenvalue weighted by Gasteiger charge is -2.16. The highest BCUT2D eigenvalue weighted by molar-refractivity contribution is 5.86. The summed E-state index contributed by atoms with van der Waals surface area (Å²) in [7, 11) is 0. The molecule has 0 saturated carbocycles. The Morgan fingerprint density at radius 2 is 1.71 bits per heavy atom. The molecular formula is C23H22F3NO7. The number of ether oxygens (including phenoxy) is 2. The first-order chi connectivity index (χ1) is 16.0. The number of hydrogen-bond acceptors (Lipinski definition) is 5. The van der Waals surface area contributed by atoms with Gasteiger partial charge in [0.25, 0.3) is 0 Å². The van der Waals surface area contributed by atoms with Gasteiger partial charge in [-0.2, -0.15) is 13.2 Å². The monoisotopic (exact) mass is 481 g/mol. The molecule has 34 heavy (non-hydrogen) atoms. The highest BCUT2D eigenvalue weighted by Crippen LogP contribution is 2.34. The van der Waals surface area contributed by atoms with Gasteiger partial charge in [-0.05, 0) is 30.2 Å². The molecule has 1 aromatic heterocycles. The Labute approximate surface area is 191 Å². The van der Waals surface area contributed by atoms with E-state index in [0.29, 0.717) is 12.4 Å². The third kappa shape index (κ3) is 7.54. The van der Waals surface area contributed by atoms with Gasteiger partial charge in [0.05, 0.1) is 13.0 Å². The van der Waals surface area contributed by atoms with Crippen molar-refractivity contribution < 1.29 is 47.2 Å². The van der Waals surface area contributed by atoms with Crippen molar-refractivity contribution in [1.82, 2.24) is 4.98 Å². The van der Waals surface area contributed by atoms with Crippen LogP contribution in [0.4, 0.5) is 13.2 Å². The maximum absolute atomic E-state index is 12.2. The molecule has 0 aliphatic rings. The quantitative estimate of drug-likeness (QED) is 0.409. The standard InChI is InChI=1S/C21H21NO5.C2HF3O2/c1-2-26-21(25)11-17(14-6-4-3-5-7-14)18-12-22-19-10-15(8-9-16(18)19)27-13-20(23)24;3-2(4,5)1(6)7/h3-10,12,17,22H,2,11,13H2,1H3,(H,23,24);(H,6,7). The van der Waals surface area contributed by atoms with Crippen LogP contribution >= 0.6 is 0 Å². The Kier molecular flexibility index (Phi) is 9.05. The Hall–Kier alpha value is -4.02. The van der Waals surface area contributed by atoms with Crippen molar-refractivity contribution in [2.75, 3.05) is 13.2 Å². The van der Waals surface area contributed by atoms with Crippen molar-refractivity contribution in [2.24, 2.45) is 0 Å². The van der Waals surface area contributed by atoms with Crippen LogP contribution < -0.4 is 4.74 Å². The summed E-state index contributed by atoms with van der Waals surface area (Å²) in [5.74, 6) is -3.71. The van der Waals surface area contributed by atoms with Crippen LogP contribution in [0, 0.1) is 0 Å². The summed E-state index contributed by atoms with van der Waals surface area (Å²) in [6.45, 7) is 1.74. The average molecular weight is 481 g/mol. The molecule has 0 amide bonds. The maximum atomic E-state index is 12.2. The number of carbonyl (C=O) groups is 3. The fourth-order valence-electron chi connectivity index (χ4n) is 3.13. The second kappa shape index (κ2) is 11.7. The molecule has 3 N–H and O–H groups in total. The van der Waals surface area contributed by atoms with Crippen LogP contribution in [0.5, 0.6) is 5.75 Å². The Morgan fingerprint density at radius 1 is 1.06 bits per heavy atom. The predicted octanol–water partition coefficient (Wildman–Crippen LogP) is 4.35. The Morgan fingerprint density at radius 3 is 2.26 bits per heavy atom. The molecule has 8 nitrogen and oxygen atoms in total. The van der Waals surface area contributed by atoms with E-state index < -0.39 is 24.7 Å². The van der Waals surface area contributed by atoms with Crippen molar-refractivity contribution in [3.05, 3.63) is 65.9 Å². The maximum Gasteiger partial charge on any atom is 0.490 e. The van der Waals surface area contributed by atoms with E-state index in [1.54, 1.807) is 19.1 Å². The number of carboxylic acid groups (broad SMARTS) is 2. The SMILES string of the molecule is CCOC(=O)CC(c1ccccc1)c1c[nH]c2cc(OCC(=O)O)ccc12.O=C(O)C(F)(F)F. The van der Waals surface area contributed by atoms with Crippen LogP contribution in [0.2, 0.25) is 0 Å². The molecule has 0 saturated heterocycles. The van der Waals surface area contributed by atoms with Gasteiger partial charge in [-0.15, -0.1) is 0 Å². The molecule has 0 radical (unpaired) electrons. The van der Waals surface area contributed by atoms with Gasteiger partial charge in [-0.25, -0.2) is 9.59 Å². The first kappa shape index (κ1) is 26.2. The van der Waals surface area contributed by atoms with Gasteiger partial charge in [0.15, 0.2) is 6.61 Å². The number of esters is 1. The molecular weight excluding hydrogens is 459 g/mol. The molecule has 0 fully saturated rings. The summed E-state index contributed by atoms with van der Waals surface area (Å²) in [5.41, 5.74) is 2.82. The minimum atomic E-state index is -5.08. The summed E-state index contributed by atoms with van der Waals surface area (Å²) in [5, 5.41) is 16.8. The number of aromatic amines is 1. The molecule has 182 valence electrons. The van der Waals surface area contributed by atoms with Gasteiger partial charge in [-0.3, -0.25) is 4.79 Å². The highest BCUT2D eigenvalue weighted by atomic mass is 19.4. The number of H-pyrrole nitrogens is 1. The van der Waals surface area contributed by atoms with Crippen LogP contribution in [0.25, 0.3) is 10.9 Å². The molecule has 1 unspecified atom stereocenters. The van der Waals surface area contributed by atoms with Crippen LogP contribution in [-0.4, -0.2) is 52.5 Å². The lowest BCUT2D eigenvalue weighted by Crippen LogP contribution is -2.21. The van der Waals surface area contributed by atoms with Crippen LogP contribution in [-0.2, 0) is 19.1 Å². The van der Waals surface area contributed by atoms with E-state index in [4.69, 9.17) is 24.5 Å². The summed E-state index contributed by atoms with van der Waals surface area (Å²) < 4.78 is 42.1. The van der Waals surface area contributed by atoms with Crippen molar-refractivity contribution >= 4 is 28.8 Å². The van der Waals surface area contributed by atoms with Crippen molar-refractivity contribution in [2.45, 2.75) is 25.4 Å². The normalized spacial score (nSPS) is 11.8. The second-order valence-corrected chi connectivity index (χ2v) is 6.91. The van der Waals surface area contributed by atoms with E-state index in [2.05, 4.69) is 4.98 Å². The number of halogens is 3. The van der Waals surface area contributed by atoms with Crippen LogP contribution in [0.3, 0.4) is 0 Å².